The second-order valence-electron chi connectivity index (χ2n) is 7.75. The minimum Gasteiger partial charge on any atom is -0.481 e. The quantitative estimate of drug-likeness (QED) is 0.552. The number of alkyl carbamates (subject to hydrolysis) is 1. The molecule has 0 spiro atoms. The molecule has 1 aliphatic carbocycles. The monoisotopic (exact) mass is 437 g/mol. The summed E-state index contributed by atoms with van der Waals surface area (Å²) in [5, 5.41) is 11.7. The minimum atomic E-state index is -1.15. The Morgan fingerprint density at radius 3 is 2.06 bits per heavy atom. The molecule has 7 heteroatoms. The van der Waals surface area contributed by atoms with Gasteiger partial charge in [0, 0.05) is 18.0 Å². The number of amides is 1. The van der Waals surface area contributed by atoms with Gasteiger partial charge in [-0.25, -0.2) is 13.6 Å². The lowest BCUT2D eigenvalue weighted by atomic mass is 9.98. The molecule has 0 saturated carbocycles. The average molecular weight is 437 g/mol. The van der Waals surface area contributed by atoms with E-state index in [-0.39, 0.29) is 24.5 Å². The molecule has 0 aliphatic heterocycles. The number of ether oxygens (including phenoxy) is 1. The zero-order valence-electron chi connectivity index (χ0n) is 17.1. The molecule has 4 rings (SSSR count). The molecule has 1 amide bonds. The number of hydrogen-bond acceptors (Lipinski definition) is 3. The van der Waals surface area contributed by atoms with Crippen LogP contribution in [0.25, 0.3) is 11.1 Å². The van der Waals surface area contributed by atoms with E-state index in [1.54, 1.807) is 0 Å². The van der Waals surface area contributed by atoms with Crippen molar-refractivity contribution in [3.05, 3.63) is 95.1 Å². The molecule has 5 nitrogen and oxygen atoms in total. The van der Waals surface area contributed by atoms with Crippen molar-refractivity contribution in [1.29, 1.82) is 0 Å². The van der Waals surface area contributed by atoms with Crippen LogP contribution in [0.15, 0.2) is 66.7 Å². The van der Waals surface area contributed by atoms with Crippen LogP contribution >= 0.6 is 0 Å². The first-order valence-corrected chi connectivity index (χ1v) is 10.2. The van der Waals surface area contributed by atoms with Crippen molar-refractivity contribution in [3.63, 3.8) is 0 Å². The third kappa shape index (κ3) is 4.77. The molecule has 1 aliphatic rings. The maximum absolute atomic E-state index is 13.5. The third-order valence-electron chi connectivity index (χ3n) is 5.49. The maximum atomic E-state index is 13.5. The summed E-state index contributed by atoms with van der Waals surface area (Å²) in [6, 6.07) is 17.9. The van der Waals surface area contributed by atoms with Crippen LogP contribution in [0.3, 0.4) is 0 Å². The van der Waals surface area contributed by atoms with Crippen LogP contribution in [0.1, 0.15) is 29.0 Å². The highest BCUT2D eigenvalue weighted by Crippen LogP contribution is 2.44. The smallest absolute Gasteiger partial charge is 0.407 e. The fourth-order valence-electron chi connectivity index (χ4n) is 4.21. The lowest BCUT2D eigenvalue weighted by Gasteiger charge is -2.19. The van der Waals surface area contributed by atoms with E-state index < -0.39 is 36.2 Å². The molecule has 0 bridgehead atoms. The number of fused-ring (bicyclic) bond motifs is 3. The number of carbonyl (C=O) groups is 2. The zero-order valence-corrected chi connectivity index (χ0v) is 17.1. The summed E-state index contributed by atoms with van der Waals surface area (Å²) in [4.78, 5) is 23.7. The highest BCUT2D eigenvalue weighted by molar-refractivity contribution is 5.79. The number of carboxylic acid groups (broad SMARTS) is 1. The van der Waals surface area contributed by atoms with Crippen LogP contribution in [0, 0.1) is 11.6 Å². The van der Waals surface area contributed by atoms with Gasteiger partial charge in [-0.2, -0.15) is 0 Å². The van der Waals surface area contributed by atoms with Gasteiger partial charge < -0.3 is 15.2 Å². The molecule has 0 aromatic heterocycles. The molecule has 0 radical (unpaired) electrons. The van der Waals surface area contributed by atoms with Crippen LogP contribution in [0.4, 0.5) is 13.6 Å². The second-order valence-corrected chi connectivity index (χ2v) is 7.75. The fraction of sp³-hybridized carbons (Fsp3) is 0.200. The highest BCUT2D eigenvalue weighted by atomic mass is 19.1. The second kappa shape index (κ2) is 9.18. The predicted octanol–water partition coefficient (Wildman–Crippen LogP) is 4.89. The van der Waals surface area contributed by atoms with Crippen LogP contribution in [0.2, 0.25) is 0 Å². The molecule has 3 aromatic carbocycles. The lowest BCUT2D eigenvalue weighted by molar-refractivity contribution is -0.137. The first kappa shape index (κ1) is 21.5. The van der Waals surface area contributed by atoms with Gasteiger partial charge in [0.1, 0.15) is 18.2 Å². The van der Waals surface area contributed by atoms with Crippen LogP contribution < -0.4 is 5.32 Å². The molecular formula is C25H21F2NO4. The number of rotatable bonds is 7. The van der Waals surface area contributed by atoms with Gasteiger partial charge in [-0.05, 0) is 46.4 Å². The number of aliphatic carboxylic acids is 1. The fourth-order valence-corrected chi connectivity index (χ4v) is 4.21. The van der Waals surface area contributed by atoms with Gasteiger partial charge in [-0.3, -0.25) is 4.79 Å². The van der Waals surface area contributed by atoms with E-state index in [0.717, 1.165) is 40.5 Å². The van der Waals surface area contributed by atoms with Crippen molar-refractivity contribution in [3.8, 4) is 11.1 Å². The molecule has 1 atom stereocenters. The molecule has 2 N–H and O–H groups in total. The third-order valence-corrected chi connectivity index (χ3v) is 5.49. The van der Waals surface area contributed by atoms with Crippen LogP contribution in [0.5, 0.6) is 0 Å². The summed E-state index contributed by atoms with van der Waals surface area (Å²) in [5.41, 5.74) is 4.54. The Morgan fingerprint density at radius 1 is 0.938 bits per heavy atom. The molecule has 0 heterocycles. The topological polar surface area (TPSA) is 75.6 Å². The molecule has 3 aromatic rings. The van der Waals surface area contributed by atoms with E-state index in [1.165, 1.54) is 0 Å². The van der Waals surface area contributed by atoms with Gasteiger partial charge in [0.15, 0.2) is 0 Å². The standard InChI is InChI=1S/C25H21F2NO4/c26-16-9-15(10-17(27)12-16)11-18(13-24(29)30)28-25(31)32-14-23-21-7-3-1-5-19(21)20-6-2-4-8-22(20)23/h1-10,12,18,23H,11,13-14H2,(H,28,31)(H,29,30)/t18-/m0/s1. The molecule has 0 saturated heterocycles. The lowest BCUT2D eigenvalue weighted by Crippen LogP contribution is -2.39. The van der Waals surface area contributed by atoms with Gasteiger partial charge in [-0.15, -0.1) is 0 Å². The predicted molar refractivity (Wildman–Crippen MR) is 114 cm³/mol. The van der Waals surface area contributed by atoms with Gasteiger partial charge in [0.25, 0.3) is 0 Å². The number of carboxylic acids is 1. The van der Waals surface area contributed by atoms with Crippen LogP contribution in [-0.2, 0) is 16.0 Å². The van der Waals surface area contributed by atoms with E-state index in [0.29, 0.717) is 0 Å². The normalized spacial score (nSPS) is 13.2. The van der Waals surface area contributed by atoms with E-state index in [9.17, 15) is 18.4 Å². The average Bonchev–Trinajstić information content (AvgIpc) is 3.05. The first-order chi connectivity index (χ1) is 15.4. The van der Waals surface area contributed by atoms with E-state index >= 15 is 0 Å². The largest absolute Gasteiger partial charge is 0.481 e. The summed E-state index contributed by atoms with van der Waals surface area (Å²) in [7, 11) is 0. The Bertz CT molecular complexity index is 1100. The Balaban J connectivity index is 1.44. The first-order valence-electron chi connectivity index (χ1n) is 10.2. The molecule has 32 heavy (non-hydrogen) atoms. The van der Waals surface area contributed by atoms with E-state index in [1.807, 2.05) is 48.5 Å². The Kier molecular flexibility index (Phi) is 6.16. The van der Waals surface area contributed by atoms with Crippen molar-refractivity contribution in [2.24, 2.45) is 0 Å². The Labute approximate surface area is 183 Å². The number of halogens is 2. The zero-order chi connectivity index (χ0) is 22.7. The van der Waals surface area contributed by atoms with E-state index in [2.05, 4.69) is 5.32 Å². The Morgan fingerprint density at radius 2 is 1.50 bits per heavy atom. The molecule has 0 unspecified atom stereocenters. The van der Waals surface area contributed by atoms with Gasteiger partial charge >= 0.3 is 12.1 Å². The van der Waals surface area contributed by atoms with Crippen LogP contribution in [-0.4, -0.2) is 29.8 Å². The van der Waals surface area contributed by atoms with Crippen molar-refractivity contribution in [1.82, 2.24) is 5.32 Å². The Hall–Kier alpha value is -3.74. The van der Waals surface area contributed by atoms with Gasteiger partial charge in [0.2, 0.25) is 0 Å². The summed E-state index contributed by atoms with van der Waals surface area (Å²) in [6.45, 7) is 0.0776. The van der Waals surface area contributed by atoms with Crippen molar-refractivity contribution in [2.75, 3.05) is 6.61 Å². The minimum absolute atomic E-state index is 0.0504. The molecule has 164 valence electrons. The van der Waals surface area contributed by atoms with Crippen molar-refractivity contribution >= 4 is 12.1 Å². The van der Waals surface area contributed by atoms with Gasteiger partial charge in [-0.1, -0.05) is 48.5 Å². The molecule has 0 fully saturated rings. The van der Waals surface area contributed by atoms with E-state index in [4.69, 9.17) is 9.84 Å². The van der Waals surface area contributed by atoms with Crippen molar-refractivity contribution < 1.29 is 28.2 Å². The van der Waals surface area contributed by atoms with Gasteiger partial charge in [0.05, 0.1) is 6.42 Å². The summed E-state index contributed by atoms with van der Waals surface area (Å²) in [5.74, 6) is -2.82. The summed E-state index contributed by atoms with van der Waals surface area (Å²) >= 11 is 0. The number of benzene rings is 3. The maximum Gasteiger partial charge on any atom is 0.407 e. The SMILES string of the molecule is O=C(O)C[C@H](Cc1cc(F)cc(F)c1)NC(=O)OCC1c2ccccc2-c2ccccc21. The summed E-state index contributed by atoms with van der Waals surface area (Å²) in [6.07, 6.45) is -1.25. The summed E-state index contributed by atoms with van der Waals surface area (Å²) < 4.78 is 32.4. The number of nitrogens with one attached hydrogen (secondary N) is 1. The van der Waals surface area contributed by atoms with Crippen molar-refractivity contribution in [2.45, 2.75) is 24.8 Å². The molecular weight excluding hydrogens is 416 g/mol. The number of hydrogen-bond donors (Lipinski definition) is 2. The number of carbonyl (C=O) groups excluding carboxylic acids is 1. The highest BCUT2D eigenvalue weighted by Gasteiger charge is 2.29.